The molecule has 7 heteroatoms. The van der Waals surface area contributed by atoms with Gasteiger partial charge >= 0.3 is 6.18 Å². The Kier molecular flexibility index (Phi) is 4.63. The summed E-state index contributed by atoms with van der Waals surface area (Å²) in [6, 6.07) is 3.58. The number of alkyl halides is 3. The molecule has 0 aromatic carbocycles. The number of nitrogens with one attached hydrogen (secondary N) is 2. The molecule has 1 aliphatic heterocycles. The van der Waals surface area contributed by atoms with Gasteiger partial charge in [0, 0.05) is 28.8 Å². The second kappa shape index (κ2) is 5.96. The lowest BCUT2D eigenvalue weighted by Crippen LogP contribution is -2.54. The topological polar surface area (TPSA) is 41.1 Å². The lowest BCUT2D eigenvalue weighted by molar-refractivity contribution is -0.216. The smallest absolute Gasteiger partial charge is 0.352 e. The van der Waals surface area contributed by atoms with E-state index in [1.807, 2.05) is 19.1 Å². The van der Waals surface area contributed by atoms with Gasteiger partial charge in [-0.3, -0.25) is 4.79 Å². The fraction of sp³-hybridized carbons (Fsp3) is 0.643. The molecule has 0 spiro atoms. The minimum atomic E-state index is -4.53. The van der Waals surface area contributed by atoms with E-state index in [-0.39, 0.29) is 25.6 Å². The first-order chi connectivity index (χ1) is 9.74. The summed E-state index contributed by atoms with van der Waals surface area (Å²) in [6.45, 7) is 3.58. The second-order valence-corrected chi connectivity index (χ2v) is 6.97. The molecule has 0 radical (unpaired) electrons. The van der Waals surface area contributed by atoms with E-state index in [2.05, 4.69) is 10.6 Å². The Morgan fingerprint density at radius 2 is 2.24 bits per heavy atom. The van der Waals surface area contributed by atoms with Crippen LogP contribution in [0.15, 0.2) is 12.1 Å². The van der Waals surface area contributed by atoms with E-state index in [0.29, 0.717) is 6.42 Å². The van der Waals surface area contributed by atoms with Gasteiger partial charge in [0.25, 0.3) is 0 Å². The molecule has 1 saturated heterocycles. The van der Waals surface area contributed by atoms with Gasteiger partial charge in [-0.05, 0) is 38.9 Å². The van der Waals surface area contributed by atoms with Crippen molar-refractivity contribution in [2.45, 2.75) is 38.9 Å². The molecule has 0 aliphatic carbocycles. The first kappa shape index (κ1) is 16.3. The lowest BCUT2D eigenvalue weighted by Gasteiger charge is -2.30. The molecule has 2 atom stereocenters. The Morgan fingerprint density at radius 3 is 2.71 bits per heavy atom. The molecule has 2 heterocycles. The lowest BCUT2D eigenvalue weighted by atomic mass is 9.85. The highest BCUT2D eigenvalue weighted by molar-refractivity contribution is 7.11. The van der Waals surface area contributed by atoms with Crippen molar-refractivity contribution in [1.29, 1.82) is 0 Å². The Labute approximate surface area is 125 Å². The van der Waals surface area contributed by atoms with Gasteiger partial charge in [-0.2, -0.15) is 13.2 Å². The summed E-state index contributed by atoms with van der Waals surface area (Å²) < 4.78 is 39.7. The van der Waals surface area contributed by atoms with Crippen molar-refractivity contribution in [3.05, 3.63) is 21.9 Å². The average molecular weight is 320 g/mol. The van der Waals surface area contributed by atoms with E-state index in [4.69, 9.17) is 0 Å². The third kappa shape index (κ3) is 3.40. The molecule has 1 aromatic rings. The molecule has 1 fully saturated rings. The Balaban J connectivity index is 2.02. The number of carbonyl (C=O) groups excluding carboxylic acids is 1. The van der Waals surface area contributed by atoms with Gasteiger partial charge in [-0.15, -0.1) is 11.3 Å². The number of halogens is 3. The summed E-state index contributed by atoms with van der Waals surface area (Å²) >= 11 is 1.59. The average Bonchev–Trinajstić information content (AvgIpc) is 2.97. The summed E-state index contributed by atoms with van der Waals surface area (Å²) in [5.74, 6) is -0.916. The third-order valence-corrected chi connectivity index (χ3v) is 4.84. The molecule has 1 amide bonds. The van der Waals surface area contributed by atoms with Crippen molar-refractivity contribution in [1.82, 2.24) is 10.6 Å². The van der Waals surface area contributed by atoms with E-state index in [9.17, 15) is 18.0 Å². The maximum absolute atomic E-state index is 13.2. The fourth-order valence-electron chi connectivity index (χ4n) is 2.57. The number of amides is 1. The van der Waals surface area contributed by atoms with Crippen molar-refractivity contribution in [2.24, 2.45) is 5.41 Å². The van der Waals surface area contributed by atoms with Crippen LogP contribution in [-0.4, -0.2) is 31.2 Å². The normalized spacial score (nSPS) is 24.0. The quantitative estimate of drug-likeness (QED) is 0.895. The van der Waals surface area contributed by atoms with Crippen LogP contribution >= 0.6 is 11.3 Å². The maximum Gasteiger partial charge on any atom is 0.404 e. The largest absolute Gasteiger partial charge is 0.404 e. The first-order valence-corrected chi connectivity index (χ1v) is 7.70. The van der Waals surface area contributed by atoms with E-state index in [0.717, 1.165) is 9.75 Å². The van der Waals surface area contributed by atoms with Crippen molar-refractivity contribution < 1.29 is 18.0 Å². The van der Waals surface area contributed by atoms with Crippen molar-refractivity contribution in [3.63, 3.8) is 0 Å². The van der Waals surface area contributed by atoms with Gasteiger partial charge in [-0.25, -0.2) is 0 Å². The molecule has 0 saturated carbocycles. The van der Waals surface area contributed by atoms with Gasteiger partial charge in [0.2, 0.25) is 5.91 Å². The summed E-state index contributed by atoms with van der Waals surface area (Å²) in [7, 11) is 0. The number of thiophene rings is 1. The highest BCUT2D eigenvalue weighted by atomic mass is 32.1. The van der Waals surface area contributed by atoms with Crippen molar-refractivity contribution in [3.8, 4) is 0 Å². The van der Waals surface area contributed by atoms with Gasteiger partial charge in [0.1, 0.15) is 0 Å². The van der Waals surface area contributed by atoms with Crippen LogP contribution in [0.4, 0.5) is 13.2 Å². The zero-order valence-corrected chi connectivity index (χ0v) is 12.8. The van der Waals surface area contributed by atoms with Crippen LogP contribution in [-0.2, 0) is 11.2 Å². The van der Waals surface area contributed by atoms with Crippen LogP contribution in [0.1, 0.15) is 23.1 Å². The fourth-order valence-corrected chi connectivity index (χ4v) is 3.59. The molecule has 2 N–H and O–H groups in total. The van der Waals surface area contributed by atoms with E-state index < -0.39 is 17.5 Å². The van der Waals surface area contributed by atoms with Crippen LogP contribution < -0.4 is 10.6 Å². The van der Waals surface area contributed by atoms with Crippen LogP contribution in [0.2, 0.25) is 0 Å². The molecule has 118 valence electrons. The molecule has 1 aliphatic rings. The number of hydrogen-bond acceptors (Lipinski definition) is 3. The van der Waals surface area contributed by atoms with Crippen LogP contribution in [0.5, 0.6) is 0 Å². The van der Waals surface area contributed by atoms with Crippen LogP contribution in [0, 0.1) is 12.3 Å². The first-order valence-electron chi connectivity index (χ1n) is 6.88. The second-order valence-electron chi connectivity index (χ2n) is 5.60. The van der Waals surface area contributed by atoms with Gasteiger partial charge in [0.15, 0.2) is 5.41 Å². The molecule has 2 rings (SSSR count). The zero-order chi connectivity index (χ0) is 15.7. The Hall–Kier alpha value is -1.08. The van der Waals surface area contributed by atoms with Crippen LogP contribution in [0.25, 0.3) is 0 Å². The highest BCUT2D eigenvalue weighted by Gasteiger charge is 2.61. The minimum absolute atomic E-state index is 0.201. The Morgan fingerprint density at radius 1 is 1.52 bits per heavy atom. The molecule has 21 heavy (non-hydrogen) atoms. The standard InChI is InChI=1S/C14H19F3N2OS/c1-9(7-11-4-3-10(2)21-11)19-12(20)13(14(15,16)17)5-6-18-8-13/h3-4,9,18H,5-8H2,1-2H3,(H,19,20). The molecular weight excluding hydrogens is 301 g/mol. The molecule has 2 unspecified atom stereocenters. The molecule has 0 bridgehead atoms. The SMILES string of the molecule is Cc1ccc(CC(C)NC(=O)C2(C(F)(F)F)CCNC2)s1. The van der Waals surface area contributed by atoms with Gasteiger partial charge in [-0.1, -0.05) is 0 Å². The Bertz CT molecular complexity index is 507. The van der Waals surface area contributed by atoms with E-state index >= 15 is 0 Å². The summed E-state index contributed by atoms with van der Waals surface area (Å²) in [4.78, 5) is 14.4. The number of carbonyl (C=O) groups is 1. The van der Waals surface area contributed by atoms with E-state index in [1.54, 1.807) is 18.3 Å². The number of rotatable bonds is 4. The van der Waals surface area contributed by atoms with Gasteiger partial charge in [0.05, 0.1) is 0 Å². The molecular formula is C14H19F3N2OS. The predicted molar refractivity (Wildman–Crippen MR) is 76.3 cm³/mol. The van der Waals surface area contributed by atoms with E-state index in [1.165, 1.54) is 0 Å². The summed E-state index contributed by atoms with van der Waals surface area (Å²) in [5, 5.41) is 5.18. The zero-order valence-electron chi connectivity index (χ0n) is 12.0. The molecule has 1 aromatic heterocycles. The van der Waals surface area contributed by atoms with Gasteiger partial charge < -0.3 is 10.6 Å². The monoisotopic (exact) mass is 320 g/mol. The van der Waals surface area contributed by atoms with Crippen LogP contribution in [0.3, 0.4) is 0 Å². The number of aryl methyl sites for hydroxylation is 1. The maximum atomic E-state index is 13.2. The van der Waals surface area contributed by atoms with Crippen molar-refractivity contribution in [2.75, 3.05) is 13.1 Å². The predicted octanol–water partition coefficient (Wildman–Crippen LogP) is 2.65. The highest BCUT2D eigenvalue weighted by Crippen LogP contribution is 2.43. The third-order valence-electron chi connectivity index (χ3n) is 3.81. The summed E-state index contributed by atoms with van der Waals surface area (Å²) in [5.41, 5.74) is -2.29. The van der Waals surface area contributed by atoms with Crippen molar-refractivity contribution >= 4 is 17.2 Å². The molecule has 3 nitrogen and oxygen atoms in total. The minimum Gasteiger partial charge on any atom is -0.352 e. The summed E-state index contributed by atoms with van der Waals surface area (Å²) in [6.07, 6.45) is -4.18. The number of hydrogen-bond donors (Lipinski definition) is 2.